The van der Waals surface area contributed by atoms with E-state index in [1.54, 1.807) is 6.33 Å². The highest BCUT2D eigenvalue weighted by Gasteiger charge is 2.17. The van der Waals surface area contributed by atoms with E-state index < -0.39 is 0 Å². The van der Waals surface area contributed by atoms with Crippen molar-refractivity contribution in [2.24, 2.45) is 0 Å². The van der Waals surface area contributed by atoms with Crippen LogP contribution in [0.5, 0.6) is 0 Å². The Morgan fingerprint density at radius 1 is 1.29 bits per heavy atom. The lowest BCUT2D eigenvalue weighted by Gasteiger charge is -2.29. The Kier molecular flexibility index (Phi) is 4.79. The van der Waals surface area contributed by atoms with Gasteiger partial charge >= 0.3 is 0 Å². The molecule has 0 aliphatic carbocycles. The Bertz CT molecular complexity index is 680. The molecule has 1 aliphatic rings. The summed E-state index contributed by atoms with van der Waals surface area (Å²) in [6.45, 7) is 7.82. The third kappa shape index (κ3) is 3.56. The molecule has 24 heavy (non-hydrogen) atoms. The molecule has 0 bridgehead atoms. The number of rotatable bonds is 5. The molecule has 0 spiro atoms. The zero-order valence-corrected chi connectivity index (χ0v) is 14.4. The molecule has 130 valence electrons. The van der Waals surface area contributed by atoms with Crippen LogP contribution in [0, 0.1) is 0 Å². The number of aromatic nitrogens is 5. The maximum Gasteiger partial charge on any atom is 0.223 e. The van der Waals surface area contributed by atoms with Crippen molar-refractivity contribution in [1.82, 2.24) is 24.7 Å². The van der Waals surface area contributed by atoms with Gasteiger partial charge in [0.1, 0.15) is 18.0 Å². The van der Waals surface area contributed by atoms with Gasteiger partial charge in [-0.1, -0.05) is 0 Å². The van der Waals surface area contributed by atoms with E-state index in [-0.39, 0.29) is 5.95 Å². The minimum Gasteiger partial charge on any atom is -0.378 e. The lowest BCUT2D eigenvalue weighted by molar-refractivity contribution is 0.122. The number of nitrogens with zero attached hydrogens (tertiary/aromatic N) is 7. The fraction of sp³-hybridized carbons (Fsp3) is 0.600. The normalized spacial score (nSPS) is 15.1. The average Bonchev–Trinajstić information content (AvgIpc) is 3.03. The quantitative estimate of drug-likeness (QED) is 0.854. The van der Waals surface area contributed by atoms with Crippen LogP contribution in [0.1, 0.15) is 25.7 Å². The Morgan fingerprint density at radius 2 is 2.04 bits per heavy atom. The molecule has 1 saturated heterocycles. The second-order valence-electron chi connectivity index (χ2n) is 6.15. The first-order valence-electron chi connectivity index (χ1n) is 8.11. The van der Waals surface area contributed by atoms with E-state index in [2.05, 4.69) is 38.9 Å². The van der Waals surface area contributed by atoms with Crippen molar-refractivity contribution in [2.45, 2.75) is 26.4 Å². The van der Waals surface area contributed by atoms with Crippen molar-refractivity contribution in [3.63, 3.8) is 0 Å². The zero-order chi connectivity index (χ0) is 17.1. The fourth-order valence-corrected chi connectivity index (χ4v) is 2.69. The lowest BCUT2D eigenvalue weighted by Crippen LogP contribution is -2.37. The van der Waals surface area contributed by atoms with Crippen LogP contribution in [0.2, 0.25) is 0 Å². The van der Waals surface area contributed by atoms with Crippen molar-refractivity contribution in [1.29, 1.82) is 0 Å². The number of anilines is 3. The molecule has 0 amide bonds. The van der Waals surface area contributed by atoms with Gasteiger partial charge in [0.15, 0.2) is 5.82 Å². The molecular weight excluding hydrogens is 308 g/mol. The molecule has 2 N–H and O–H groups in total. The summed E-state index contributed by atoms with van der Waals surface area (Å²) < 4.78 is 7.44. The Hall–Kier alpha value is -2.42. The van der Waals surface area contributed by atoms with Gasteiger partial charge in [-0.2, -0.15) is 9.97 Å². The van der Waals surface area contributed by atoms with Crippen molar-refractivity contribution >= 4 is 17.6 Å². The van der Waals surface area contributed by atoms with Gasteiger partial charge in [0.25, 0.3) is 0 Å². The van der Waals surface area contributed by atoms with Gasteiger partial charge in [0, 0.05) is 32.2 Å². The SMILES string of the molecule is CC(C)n1cnnc1CN(C)c1cc(N2CCOCC2)nc(N)n1. The van der Waals surface area contributed by atoms with Crippen LogP contribution >= 0.6 is 0 Å². The van der Waals surface area contributed by atoms with E-state index in [1.807, 2.05) is 22.6 Å². The summed E-state index contributed by atoms with van der Waals surface area (Å²) in [5, 5.41) is 8.21. The standard InChI is InChI=1S/C15H24N8O/c1-11(2)23-10-17-20-14(23)9-21(3)12-8-13(19-15(16)18-12)22-4-6-24-7-5-22/h8,10-11H,4-7,9H2,1-3H3,(H2,16,18,19). The molecule has 3 rings (SSSR count). The highest BCUT2D eigenvalue weighted by molar-refractivity contribution is 5.53. The smallest absolute Gasteiger partial charge is 0.223 e. The molecule has 0 aromatic carbocycles. The van der Waals surface area contributed by atoms with Crippen LogP contribution in [0.25, 0.3) is 0 Å². The maximum absolute atomic E-state index is 5.92. The second kappa shape index (κ2) is 7.00. The molecule has 0 saturated carbocycles. The molecule has 0 unspecified atom stereocenters. The van der Waals surface area contributed by atoms with E-state index in [0.29, 0.717) is 25.8 Å². The monoisotopic (exact) mass is 332 g/mol. The molecule has 9 heteroatoms. The Morgan fingerprint density at radius 3 is 2.75 bits per heavy atom. The van der Waals surface area contributed by atoms with Crippen LogP contribution in [-0.2, 0) is 11.3 Å². The highest BCUT2D eigenvalue weighted by Crippen LogP contribution is 2.21. The summed E-state index contributed by atoms with van der Waals surface area (Å²) in [4.78, 5) is 12.9. The molecule has 1 aliphatic heterocycles. The summed E-state index contributed by atoms with van der Waals surface area (Å²) in [7, 11) is 1.96. The van der Waals surface area contributed by atoms with Crippen LogP contribution < -0.4 is 15.5 Å². The van der Waals surface area contributed by atoms with Gasteiger partial charge in [-0.05, 0) is 13.8 Å². The molecule has 0 atom stereocenters. The first kappa shape index (κ1) is 16.4. The van der Waals surface area contributed by atoms with Crippen molar-refractivity contribution < 1.29 is 4.74 Å². The van der Waals surface area contributed by atoms with Crippen LogP contribution in [0.15, 0.2) is 12.4 Å². The molecule has 3 heterocycles. The topological polar surface area (TPSA) is 98.2 Å². The van der Waals surface area contributed by atoms with Crippen molar-refractivity contribution in [3.8, 4) is 0 Å². The number of morpholine rings is 1. The summed E-state index contributed by atoms with van der Waals surface area (Å²) in [5.41, 5.74) is 5.92. The molecule has 2 aromatic heterocycles. The number of ether oxygens (including phenoxy) is 1. The van der Waals surface area contributed by atoms with Gasteiger partial charge in [-0.25, -0.2) is 0 Å². The van der Waals surface area contributed by atoms with Crippen molar-refractivity contribution in [2.75, 3.05) is 48.9 Å². The van der Waals surface area contributed by atoms with Crippen molar-refractivity contribution in [3.05, 3.63) is 18.2 Å². The van der Waals surface area contributed by atoms with E-state index in [1.165, 1.54) is 0 Å². The number of nitrogen functional groups attached to an aromatic ring is 1. The van der Waals surface area contributed by atoms with Crippen LogP contribution in [0.4, 0.5) is 17.6 Å². The first-order chi connectivity index (χ1) is 11.5. The minimum atomic E-state index is 0.270. The van der Waals surface area contributed by atoms with Gasteiger partial charge in [-0.15, -0.1) is 10.2 Å². The second-order valence-corrected chi connectivity index (χ2v) is 6.15. The van der Waals surface area contributed by atoms with Gasteiger partial charge in [0.05, 0.1) is 19.8 Å². The Balaban J connectivity index is 1.80. The van der Waals surface area contributed by atoms with E-state index in [0.717, 1.165) is 30.5 Å². The van der Waals surface area contributed by atoms with Gasteiger partial charge in [-0.3, -0.25) is 0 Å². The molecule has 2 aromatic rings. The first-order valence-corrected chi connectivity index (χ1v) is 8.11. The van der Waals surface area contributed by atoms with Gasteiger partial charge in [0.2, 0.25) is 5.95 Å². The van der Waals surface area contributed by atoms with Crippen LogP contribution in [-0.4, -0.2) is 58.1 Å². The predicted octanol–water partition coefficient (Wildman–Crippen LogP) is 0.704. The third-order valence-corrected chi connectivity index (χ3v) is 4.02. The fourth-order valence-electron chi connectivity index (χ4n) is 2.69. The molecular formula is C15H24N8O. The average molecular weight is 332 g/mol. The van der Waals surface area contributed by atoms with E-state index in [4.69, 9.17) is 10.5 Å². The van der Waals surface area contributed by atoms with Gasteiger partial charge < -0.3 is 24.8 Å². The van der Waals surface area contributed by atoms with E-state index in [9.17, 15) is 0 Å². The predicted molar refractivity (Wildman–Crippen MR) is 92.0 cm³/mol. The number of hydrogen-bond acceptors (Lipinski definition) is 8. The summed E-state index contributed by atoms with van der Waals surface area (Å²) >= 11 is 0. The minimum absolute atomic E-state index is 0.270. The molecule has 9 nitrogen and oxygen atoms in total. The zero-order valence-electron chi connectivity index (χ0n) is 14.4. The summed E-state index contributed by atoms with van der Waals surface area (Å²) in [6.07, 6.45) is 1.75. The highest BCUT2D eigenvalue weighted by atomic mass is 16.5. The number of hydrogen-bond donors (Lipinski definition) is 1. The molecule has 0 radical (unpaired) electrons. The number of nitrogens with two attached hydrogens (primary N) is 1. The third-order valence-electron chi connectivity index (χ3n) is 4.02. The summed E-state index contributed by atoms with van der Waals surface area (Å²) in [6, 6.07) is 2.26. The lowest BCUT2D eigenvalue weighted by atomic mass is 10.3. The summed E-state index contributed by atoms with van der Waals surface area (Å²) in [5.74, 6) is 2.75. The van der Waals surface area contributed by atoms with E-state index >= 15 is 0 Å². The largest absolute Gasteiger partial charge is 0.378 e. The maximum atomic E-state index is 5.92. The van der Waals surface area contributed by atoms with Crippen LogP contribution in [0.3, 0.4) is 0 Å². The molecule has 1 fully saturated rings. The Labute approximate surface area is 141 Å².